The van der Waals surface area contributed by atoms with Crippen LogP contribution in [0.4, 0.5) is 0 Å². The average Bonchev–Trinajstić information content (AvgIpc) is 2.06. The van der Waals surface area contributed by atoms with Crippen molar-refractivity contribution in [3.05, 3.63) is 63.4 Å². The van der Waals surface area contributed by atoms with E-state index in [9.17, 15) is 0 Å². The van der Waals surface area contributed by atoms with E-state index in [0.717, 1.165) is 5.92 Å². The van der Waals surface area contributed by atoms with Crippen LogP contribution >= 0.6 is 0 Å². The first-order valence-corrected chi connectivity index (χ1v) is 4.77. The van der Waals surface area contributed by atoms with Crippen LogP contribution in [0, 0.1) is 20.8 Å². The number of allylic oxidation sites excluding steroid dienone is 1. The van der Waals surface area contributed by atoms with Gasteiger partial charge in [0, 0.05) is 0 Å². The van der Waals surface area contributed by atoms with Gasteiger partial charge >= 0.3 is 19.5 Å². The Balaban J connectivity index is -0.0000000760. The predicted molar refractivity (Wildman–Crippen MR) is 73.5 cm³/mol. The van der Waals surface area contributed by atoms with Crippen LogP contribution in [-0.2, 0) is 19.5 Å². The van der Waals surface area contributed by atoms with Gasteiger partial charge < -0.3 is 14.9 Å². The molecule has 16 heavy (non-hydrogen) atoms. The molecular weight excluding hydrogens is 281 g/mol. The molecule has 0 aliphatic carbocycles. The Kier molecular flexibility index (Phi) is 26.2. The Morgan fingerprint density at radius 1 is 0.938 bits per heavy atom. The Bertz CT molecular complexity index is 187. The van der Waals surface area contributed by atoms with Gasteiger partial charge in [-0.05, 0) is 19.3 Å². The van der Waals surface area contributed by atoms with Crippen LogP contribution in [0.15, 0.2) is 48.6 Å². The zero-order chi connectivity index (χ0) is 10.1. The Hall–Kier alpha value is -0.417. The summed E-state index contributed by atoms with van der Waals surface area (Å²) in [7, 11) is 0. The van der Waals surface area contributed by atoms with Crippen molar-refractivity contribution >= 4 is 0 Å². The molecule has 0 bridgehead atoms. The molecule has 0 spiro atoms. The van der Waals surface area contributed by atoms with Gasteiger partial charge in [-0.15, -0.1) is 6.58 Å². The second-order valence-corrected chi connectivity index (χ2v) is 3.71. The van der Waals surface area contributed by atoms with Gasteiger partial charge in [-0.1, -0.05) is 55.8 Å². The van der Waals surface area contributed by atoms with Crippen molar-refractivity contribution in [1.29, 1.82) is 0 Å². The number of benzene rings is 1. The zero-order valence-corrected chi connectivity index (χ0v) is 13.0. The maximum absolute atomic E-state index is 3.80. The topological polar surface area (TPSA) is 0 Å². The van der Waals surface area contributed by atoms with Crippen LogP contribution in [0.5, 0.6) is 0 Å². The van der Waals surface area contributed by atoms with E-state index in [0.29, 0.717) is 0 Å². The van der Waals surface area contributed by atoms with Crippen LogP contribution in [0.3, 0.4) is 0 Å². The molecule has 0 amide bonds. The molecule has 0 saturated heterocycles. The fourth-order valence-electron chi connectivity index (χ4n) is 1.08. The average molecular weight is 307 g/mol. The molecule has 0 N–H and O–H groups in total. The molecule has 94 valence electrons. The summed E-state index contributed by atoms with van der Waals surface area (Å²) in [5, 5.41) is 0. The van der Waals surface area contributed by atoms with Gasteiger partial charge in [-0.25, -0.2) is 0 Å². The molecule has 0 radical (unpaired) electrons. The number of rotatable bonds is 2. The molecule has 0 saturated carbocycles. The molecule has 1 heteroatoms. The van der Waals surface area contributed by atoms with Gasteiger partial charge in [0.25, 0.3) is 0 Å². The van der Waals surface area contributed by atoms with Crippen molar-refractivity contribution in [1.82, 2.24) is 0 Å². The SMILES string of the molecule is C=C(C)CC(C)C.[CH3-].[CH3-].[Ru+2].c1ccccc1. The van der Waals surface area contributed by atoms with Gasteiger partial charge in [-0.3, -0.25) is 0 Å². The molecule has 1 rings (SSSR count). The summed E-state index contributed by atoms with van der Waals surface area (Å²) >= 11 is 0. The minimum atomic E-state index is 0. The molecule has 0 aliphatic rings. The maximum atomic E-state index is 3.80. The first-order valence-electron chi connectivity index (χ1n) is 4.77. The summed E-state index contributed by atoms with van der Waals surface area (Å²) in [6.07, 6.45) is 1.17. The molecule has 0 heterocycles. The molecule has 0 aromatic heterocycles. The molecule has 1 aromatic carbocycles. The molecule has 0 unspecified atom stereocenters. The van der Waals surface area contributed by atoms with E-state index in [1.165, 1.54) is 12.0 Å². The Morgan fingerprint density at radius 2 is 1.19 bits per heavy atom. The van der Waals surface area contributed by atoms with Gasteiger partial charge in [0.05, 0.1) is 0 Å². The summed E-state index contributed by atoms with van der Waals surface area (Å²) in [6, 6.07) is 12.0. The predicted octanol–water partition coefficient (Wildman–Crippen LogP) is 5.19. The number of hydrogen-bond acceptors (Lipinski definition) is 0. The second kappa shape index (κ2) is 17.0. The first-order chi connectivity index (χ1) is 6.13. The standard InChI is InChI=1S/C7H14.C6H6.2CH3.Ru/c1-6(2)5-7(3)4;1-2-4-6-5-3-1;;;/h7H,1,5H2,2-4H3;1-6H;2*1H3;/q;;2*-1;+2. The van der Waals surface area contributed by atoms with Crippen molar-refractivity contribution in [2.45, 2.75) is 27.2 Å². The molecule has 0 fully saturated rings. The summed E-state index contributed by atoms with van der Waals surface area (Å²) < 4.78 is 0. The fourth-order valence-corrected chi connectivity index (χ4v) is 1.08. The third-order valence-corrected chi connectivity index (χ3v) is 1.42. The van der Waals surface area contributed by atoms with Crippen LogP contribution in [0.2, 0.25) is 0 Å². The smallest absolute Gasteiger partial charge is 0.358 e. The van der Waals surface area contributed by atoms with Crippen LogP contribution in [-0.4, -0.2) is 0 Å². The Labute approximate surface area is 116 Å². The quantitative estimate of drug-likeness (QED) is 0.400. The zero-order valence-electron chi connectivity index (χ0n) is 11.3. The fraction of sp³-hybridized carbons (Fsp3) is 0.333. The normalized spacial score (nSPS) is 7.25. The van der Waals surface area contributed by atoms with Gasteiger partial charge in [0.1, 0.15) is 0 Å². The van der Waals surface area contributed by atoms with Crippen LogP contribution in [0.25, 0.3) is 0 Å². The van der Waals surface area contributed by atoms with Crippen molar-refractivity contribution in [3.63, 3.8) is 0 Å². The minimum Gasteiger partial charge on any atom is -0.358 e. The number of hydrogen-bond donors (Lipinski definition) is 0. The van der Waals surface area contributed by atoms with E-state index < -0.39 is 0 Å². The minimum absolute atomic E-state index is 0. The third-order valence-electron chi connectivity index (χ3n) is 1.42. The molecule has 0 aliphatic heterocycles. The van der Waals surface area contributed by atoms with Crippen molar-refractivity contribution in [2.24, 2.45) is 5.92 Å². The van der Waals surface area contributed by atoms with E-state index >= 15 is 0 Å². The second-order valence-electron chi connectivity index (χ2n) is 3.71. The summed E-state index contributed by atoms with van der Waals surface area (Å²) in [5.41, 5.74) is 1.29. The van der Waals surface area contributed by atoms with Gasteiger partial charge in [0.2, 0.25) is 0 Å². The third kappa shape index (κ3) is 23.4. The summed E-state index contributed by atoms with van der Waals surface area (Å²) in [6.45, 7) is 10.3. The summed E-state index contributed by atoms with van der Waals surface area (Å²) in [4.78, 5) is 0. The largest absolute Gasteiger partial charge is 2.00 e. The van der Waals surface area contributed by atoms with Crippen LogP contribution < -0.4 is 0 Å². The molecule has 1 aromatic rings. The molecular formula is C15H26Ru. The molecule has 0 nitrogen and oxygen atoms in total. The monoisotopic (exact) mass is 308 g/mol. The van der Waals surface area contributed by atoms with Gasteiger partial charge in [0.15, 0.2) is 0 Å². The first kappa shape index (κ1) is 24.7. The molecule has 0 atom stereocenters. The van der Waals surface area contributed by atoms with Gasteiger partial charge in [-0.2, -0.15) is 0 Å². The van der Waals surface area contributed by atoms with E-state index in [1.807, 2.05) is 36.4 Å². The van der Waals surface area contributed by atoms with Crippen LogP contribution in [0.1, 0.15) is 27.2 Å². The maximum Gasteiger partial charge on any atom is 2.00 e. The van der Waals surface area contributed by atoms with E-state index in [-0.39, 0.29) is 34.3 Å². The van der Waals surface area contributed by atoms with Crippen molar-refractivity contribution in [3.8, 4) is 0 Å². The van der Waals surface area contributed by atoms with E-state index in [4.69, 9.17) is 0 Å². The van der Waals surface area contributed by atoms with Crippen molar-refractivity contribution < 1.29 is 19.5 Å². The Morgan fingerprint density at radius 3 is 1.25 bits per heavy atom. The summed E-state index contributed by atoms with van der Waals surface area (Å²) in [5.74, 6) is 0.775. The van der Waals surface area contributed by atoms with E-state index in [1.54, 1.807) is 0 Å². The van der Waals surface area contributed by atoms with E-state index in [2.05, 4.69) is 27.4 Å². The van der Waals surface area contributed by atoms with Crippen molar-refractivity contribution in [2.75, 3.05) is 0 Å².